The van der Waals surface area contributed by atoms with Crippen molar-refractivity contribution < 1.29 is 22.4 Å². The Morgan fingerprint density at radius 1 is 1.08 bits per heavy atom. The van der Waals surface area contributed by atoms with Crippen LogP contribution in [-0.4, -0.2) is 17.4 Å². The first-order chi connectivity index (χ1) is 11.4. The van der Waals surface area contributed by atoms with Gasteiger partial charge in [0.15, 0.2) is 0 Å². The number of likely N-dealkylation sites (tertiary alicyclic amines) is 1. The van der Waals surface area contributed by atoms with E-state index in [1.807, 2.05) is 0 Å². The molecule has 1 atom stereocenters. The van der Waals surface area contributed by atoms with Crippen molar-refractivity contribution in [1.29, 1.82) is 0 Å². The Balaban J connectivity index is 1.89. The Morgan fingerprint density at radius 2 is 1.83 bits per heavy atom. The molecule has 1 aliphatic rings. The molecule has 2 nitrogen and oxygen atoms in total. The SMILES string of the molecule is O=C(c1cccc(C(F)(F)F)c1)N1CCC[C@@H]1c1cccc(F)c1. The van der Waals surface area contributed by atoms with E-state index >= 15 is 0 Å². The fourth-order valence-electron chi connectivity index (χ4n) is 3.06. The maximum absolute atomic E-state index is 13.4. The zero-order valence-electron chi connectivity index (χ0n) is 12.7. The predicted molar refractivity (Wildman–Crippen MR) is 80.9 cm³/mol. The molecule has 0 N–H and O–H groups in total. The van der Waals surface area contributed by atoms with E-state index in [1.165, 1.54) is 29.2 Å². The van der Waals surface area contributed by atoms with Gasteiger partial charge in [0.1, 0.15) is 5.82 Å². The summed E-state index contributed by atoms with van der Waals surface area (Å²) in [5.41, 5.74) is -0.198. The molecule has 0 spiro atoms. The molecule has 0 aromatic heterocycles. The highest BCUT2D eigenvalue weighted by Gasteiger charge is 2.34. The lowest BCUT2D eigenvalue weighted by Crippen LogP contribution is -2.30. The van der Waals surface area contributed by atoms with Gasteiger partial charge in [-0.05, 0) is 48.7 Å². The first-order valence-electron chi connectivity index (χ1n) is 7.60. The number of halogens is 4. The first kappa shape index (κ1) is 16.5. The third kappa shape index (κ3) is 3.27. The number of hydrogen-bond donors (Lipinski definition) is 0. The molecule has 1 fully saturated rings. The smallest absolute Gasteiger partial charge is 0.332 e. The maximum Gasteiger partial charge on any atom is 0.416 e. The molecule has 0 aliphatic carbocycles. The summed E-state index contributed by atoms with van der Waals surface area (Å²) in [6.45, 7) is 0.441. The van der Waals surface area contributed by atoms with Crippen LogP contribution < -0.4 is 0 Å². The van der Waals surface area contributed by atoms with Gasteiger partial charge >= 0.3 is 6.18 Å². The van der Waals surface area contributed by atoms with Crippen molar-refractivity contribution in [2.75, 3.05) is 6.54 Å². The topological polar surface area (TPSA) is 20.3 Å². The zero-order valence-corrected chi connectivity index (χ0v) is 12.7. The highest BCUT2D eigenvalue weighted by Crippen LogP contribution is 2.34. The third-order valence-electron chi connectivity index (χ3n) is 4.18. The first-order valence-corrected chi connectivity index (χ1v) is 7.60. The number of benzene rings is 2. The van der Waals surface area contributed by atoms with Crippen LogP contribution in [0.3, 0.4) is 0 Å². The molecule has 0 radical (unpaired) electrons. The van der Waals surface area contributed by atoms with E-state index in [-0.39, 0.29) is 11.6 Å². The van der Waals surface area contributed by atoms with Crippen molar-refractivity contribution in [3.63, 3.8) is 0 Å². The molecule has 3 rings (SSSR count). The van der Waals surface area contributed by atoms with Crippen molar-refractivity contribution in [3.8, 4) is 0 Å². The van der Waals surface area contributed by atoms with Crippen molar-refractivity contribution in [1.82, 2.24) is 4.90 Å². The summed E-state index contributed by atoms with van der Waals surface area (Å²) in [6.07, 6.45) is -3.11. The highest BCUT2D eigenvalue weighted by atomic mass is 19.4. The average Bonchev–Trinajstić information content (AvgIpc) is 3.03. The number of alkyl halides is 3. The van der Waals surface area contributed by atoms with Gasteiger partial charge in [-0.25, -0.2) is 4.39 Å². The zero-order chi connectivity index (χ0) is 17.3. The van der Waals surface area contributed by atoms with Crippen LogP contribution >= 0.6 is 0 Å². The minimum atomic E-state index is -4.50. The number of carbonyl (C=O) groups is 1. The standard InChI is InChI=1S/C18H15F4NO/c19-15-7-2-4-12(11-15)16-8-3-9-23(16)17(24)13-5-1-6-14(10-13)18(20,21)22/h1-2,4-7,10-11,16H,3,8-9H2/t16-/m1/s1. The molecule has 1 amide bonds. The summed E-state index contributed by atoms with van der Waals surface area (Å²) in [4.78, 5) is 14.2. The lowest BCUT2D eigenvalue weighted by atomic mass is 10.0. The van der Waals surface area contributed by atoms with Gasteiger partial charge in [-0.2, -0.15) is 13.2 Å². The third-order valence-corrected chi connectivity index (χ3v) is 4.18. The molecule has 0 unspecified atom stereocenters. The fourth-order valence-corrected chi connectivity index (χ4v) is 3.06. The van der Waals surface area contributed by atoms with Crippen LogP contribution in [-0.2, 0) is 6.18 Å². The largest absolute Gasteiger partial charge is 0.416 e. The summed E-state index contributed by atoms with van der Waals surface area (Å²) >= 11 is 0. The van der Waals surface area contributed by atoms with Crippen molar-refractivity contribution in [3.05, 3.63) is 71.0 Å². The van der Waals surface area contributed by atoms with Gasteiger partial charge in [-0.1, -0.05) is 18.2 Å². The van der Waals surface area contributed by atoms with Crippen LogP contribution in [0.25, 0.3) is 0 Å². The normalized spacial score (nSPS) is 18.0. The van der Waals surface area contributed by atoms with E-state index in [0.717, 1.165) is 18.6 Å². The van der Waals surface area contributed by atoms with Gasteiger partial charge in [-0.3, -0.25) is 4.79 Å². The summed E-state index contributed by atoms with van der Waals surface area (Å²) in [5.74, 6) is -0.862. The van der Waals surface area contributed by atoms with Gasteiger partial charge in [0.05, 0.1) is 11.6 Å². The summed E-state index contributed by atoms with van der Waals surface area (Å²) in [7, 11) is 0. The summed E-state index contributed by atoms with van der Waals surface area (Å²) in [5, 5.41) is 0. The number of hydrogen-bond acceptors (Lipinski definition) is 1. The molecular formula is C18H15F4NO. The molecular weight excluding hydrogens is 322 g/mol. The molecule has 1 saturated heterocycles. The Bertz CT molecular complexity index is 757. The van der Waals surface area contributed by atoms with Crippen molar-refractivity contribution in [2.24, 2.45) is 0 Å². The molecule has 24 heavy (non-hydrogen) atoms. The fraction of sp³-hybridized carbons (Fsp3) is 0.278. The van der Waals surface area contributed by atoms with E-state index in [1.54, 1.807) is 12.1 Å². The van der Waals surface area contributed by atoms with Crippen LogP contribution in [0.1, 0.15) is 40.4 Å². The van der Waals surface area contributed by atoms with E-state index in [4.69, 9.17) is 0 Å². The summed E-state index contributed by atoms with van der Waals surface area (Å²) < 4.78 is 51.9. The quantitative estimate of drug-likeness (QED) is 0.719. The van der Waals surface area contributed by atoms with Gasteiger partial charge in [0.25, 0.3) is 5.91 Å². The molecule has 126 valence electrons. The van der Waals surface area contributed by atoms with Gasteiger partial charge in [0.2, 0.25) is 0 Å². The van der Waals surface area contributed by atoms with Crippen molar-refractivity contribution in [2.45, 2.75) is 25.1 Å². The molecule has 1 aliphatic heterocycles. The molecule has 2 aromatic rings. The highest BCUT2D eigenvalue weighted by molar-refractivity contribution is 5.94. The lowest BCUT2D eigenvalue weighted by molar-refractivity contribution is -0.137. The average molecular weight is 337 g/mol. The van der Waals surface area contributed by atoms with Crippen LogP contribution in [0.2, 0.25) is 0 Å². The Labute approximate surface area is 136 Å². The van der Waals surface area contributed by atoms with Crippen LogP contribution in [0.5, 0.6) is 0 Å². The molecule has 1 heterocycles. The van der Waals surface area contributed by atoms with Gasteiger partial charge < -0.3 is 4.90 Å². The number of rotatable bonds is 2. The van der Waals surface area contributed by atoms with Crippen LogP contribution in [0.15, 0.2) is 48.5 Å². The monoisotopic (exact) mass is 337 g/mol. The number of nitrogens with zero attached hydrogens (tertiary/aromatic N) is 1. The molecule has 2 aromatic carbocycles. The lowest BCUT2D eigenvalue weighted by Gasteiger charge is -2.25. The van der Waals surface area contributed by atoms with Crippen LogP contribution in [0, 0.1) is 5.82 Å². The van der Waals surface area contributed by atoms with Gasteiger partial charge in [0, 0.05) is 12.1 Å². The number of carbonyl (C=O) groups excluding carboxylic acids is 1. The minimum absolute atomic E-state index is 0.00636. The molecule has 0 bridgehead atoms. The second kappa shape index (κ2) is 6.26. The predicted octanol–water partition coefficient (Wildman–Crippen LogP) is 4.82. The van der Waals surface area contributed by atoms with Crippen LogP contribution in [0.4, 0.5) is 17.6 Å². The number of amides is 1. The second-order valence-corrected chi connectivity index (χ2v) is 5.79. The molecule has 6 heteroatoms. The van der Waals surface area contributed by atoms with E-state index in [2.05, 4.69) is 0 Å². The van der Waals surface area contributed by atoms with E-state index in [0.29, 0.717) is 18.5 Å². The van der Waals surface area contributed by atoms with E-state index < -0.39 is 23.5 Å². The van der Waals surface area contributed by atoms with Gasteiger partial charge in [-0.15, -0.1) is 0 Å². The van der Waals surface area contributed by atoms with E-state index in [9.17, 15) is 22.4 Å². The van der Waals surface area contributed by atoms with Crippen molar-refractivity contribution >= 4 is 5.91 Å². The summed E-state index contributed by atoms with van der Waals surface area (Å²) in [6, 6.07) is 10.1. The maximum atomic E-state index is 13.4. The second-order valence-electron chi connectivity index (χ2n) is 5.79. The Morgan fingerprint density at radius 3 is 2.54 bits per heavy atom. The molecule has 0 saturated carbocycles. The Hall–Kier alpha value is -2.37. The Kier molecular flexibility index (Phi) is 4.30. The minimum Gasteiger partial charge on any atom is -0.332 e.